The second-order valence-electron chi connectivity index (χ2n) is 11.0. The quantitative estimate of drug-likeness (QED) is 0.171. The van der Waals surface area contributed by atoms with Gasteiger partial charge in [0.1, 0.15) is 12.8 Å². The first kappa shape index (κ1) is 29.0. The number of ether oxygens (including phenoxy) is 1. The van der Waals surface area contributed by atoms with Gasteiger partial charge in [-0.2, -0.15) is 0 Å². The van der Waals surface area contributed by atoms with Crippen LogP contribution in [0, 0.1) is 10.1 Å². The van der Waals surface area contributed by atoms with Gasteiger partial charge in [-0.15, -0.1) is 0 Å². The number of non-ortho nitro benzene ring substituents is 1. The van der Waals surface area contributed by atoms with E-state index in [1.807, 2.05) is 43.3 Å². The Kier molecular flexibility index (Phi) is 8.70. The van der Waals surface area contributed by atoms with Crippen LogP contribution in [-0.2, 0) is 20.6 Å². The van der Waals surface area contributed by atoms with Gasteiger partial charge in [0.2, 0.25) is 5.91 Å². The second kappa shape index (κ2) is 12.0. The summed E-state index contributed by atoms with van der Waals surface area (Å²) in [7, 11) is -2.84. The lowest BCUT2D eigenvalue weighted by Crippen LogP contribution is -2.68. The Morgan fingerprint density at radius 3 is 2.00 bits per heavy atom. The maximum Gasteiger partial charge on any atom is 0.412 e. The van der Waals surface area contributed by atoms with E-state index >= 15 is 0 Å². The molecule has 0 aliphatic carbocycles. The molecule has 2 atom stereocenters. The molecule has 1 saturated heterocycles. The summed E-state index contributed by atoms with van der Waals surface area (Å²) in [5.41, 5.74) is 0.579. The molecule has 10 heteroatoms. The van der Waals surface area contributed by atoms with Crippen molar-refractivity contribution in [2.45, 2.75) is 58.0 Å². The van der Waals surface area contributed by atoms with E-state index in [2.05, 4.69) is 50.4 Å². The van der Waals surface area contributed by atoms with Crippen molar-refractivity contribution in [2.24, 2.45) is 0 Å². The molecule has 2 amide bonds. The molecule has 210 valence electrons. The SMILES string of the molecule is C[C@@H](CO[Si](c1ccccc1)(c1ccccc1)C(C)(C)C)N(C(=O)OCc1ccc([N+](=O)[O-])cc1)[C@@H]1CC(=O)N1. The first-order valence-electron chi connectivity index (χ1n) is 13.3. The van der Waals surface area contributed by atoms with E-state index in [1.165, 1.54) is 17.0 Å². The lowest BCUT2D eigenvalue weighted by Gasteiger charge is -2.45. The fraction of sp³-hybridized carbons (Fsp3) is 0.333. The van der Waals surface area contributed by atoms with Gasteiger partial charge in [0.15, 0.2) is 0 Å². The predicted octanol–water partition coefficient (Wildman–Crippen LogP) is 4.34. The predicted molar refractivity (Wildman–Crippen MR) is 155 cm³/mol. The number of hydrogen-bond acceptors (Lipinski definition) is 6. The number of amides is 2. The molecule has 1 N–H and O–H groups in total. The van der Waals surface area contributed by atoms with E-state index in [0.29, 0.717) is 5.56 Å². The summed E-state index contributed by atoms with van der Waals surface area (Å²) in [6.45, 7) is 8.61. The van der Waals surface area contributed by atoms with Crippen molar-refractivity contribution in [3.05, 3.63) is 101 Å². The van der Waals surface area contributed by atoms with Crippen molar-refractivity contribution in [1.29, 1.82) is 0 Å². The Hall–Kier alpha value is -4.02. The molecule has 3 aromatic carbocycles. The average molecular weight is 562 g/mol. The van der Waals surface area contributed by atoms with Gasteiger partial charge in [-0.05, 0) is 40.0 Å². The highest BCUT2D eigenvalue weighted by Crippen LogP contribution is 2.37. The minimum absolute atomic E-state index is 0.0389. The number of carbonyl (C=O) groups excluding carboxylic acids is 2. The molecule has 1 aliphatic rings. The van der Waals surface area contributed by atoms with Gasteiger partial charge in [-0.3, -0.25) is 19.8 Å². The molecule has 1 aliphatic heterocycles. The highest BCUT2D eigenvalue weighted by Gasteiger charge is 2.51. The van der Waals surface area contributed by atoms with E-state index < -0.39 is 31.5 Å². The lowest BCUT2D eigenvalue weighted by molar-refractivity contribution is -0.384. The van der Waals surface area contributed by atoms with Gasteiger partial charge in [0.05, 0.1) is 24.0 Å². The van der Waals surface area contributed by atoms with Crippen LogP contribution in [0.4, 0.5) is 10.5 Å². The lowest BCUT2D eigenvalue weighted by atomic mass is 10.1. The molecule has 0 spiro atoms. The molecule has 0 bridgehead atoms. The summed E-state index contributed by atoms with van der Waals surface area (Å²) in [5, 5.41) is 15.7. The van der Waals surface area contributed by atoms with Gasteiger partial charge >= 0.3 is 6.09 Å². The third kappa shape index (κ3) is 6.08. The van der Waals surface area contributed by atoms with Crippen LogP contribution in [0.25, 0.3) is 0 Å². The minimum Gasteiger partial charge on any atom is -0.444 e. The minimum atomic E-state index is -2.84. The number of nitrogens with zero attached hydrogens (tertiary/aromatic N) is 2. The number of nitro groups is 1. The number of carbonyl (C=O) groups is 2. The molecule has 0 unspecified atom stereocenters. The molecule has 1 fully saturated rings. The summed E-state index contributed by atoms with van der Waals surface area (Å²) in [6, 6.07) is 25.9. The van der Waals surface area contributed by atoms with Crippen LogP contribution in [0.1, 0.15) is 39.7 Å². The molecule has 4 rings (SSSR count). The Bertz CT molecular complexity index is 1280. The molecule has 0 radical (unpaired) electrons. The molecule has 1 heterocycles. The largest absolute Gasteiger partial charge is 0.444 e. The van der Waals surface area contributed by atoms with Crippen LogP contribution in [0.3, 0.4) is 0 Å². The average Bonchev–Trinajstić information content (AvgIpc) is 2.92. The summed E-state index contributed by atoms with van der Waals surface area (Å²) < 4.78 is 12.6. The molecule has 0 aromatic heterocycles. The van der Waals surface area contributed by atoms with Crippen LogP contribution in [0.15, 0.2) is 84.9 Å². The fourth-order valence-electron chi connectivity index (χ4n) is 5.14. The van der Waals surface area contributed by atoms with Crippen molar-refractivity contribution in [1.82, 2.24) is 10.2 Å². The van der Waals surface area contributed by atoms with E-state index in [9.17, 15) is 19.7 Å². The third-order valence-electron chi connectivity index (χ3n) is 7.20. The van der Waals surface area contributed by atoms with Gasteiger partial charge < -0.3 is 14.5 Å². The Balaban J connectivity index is 1.57. The smallest absolute Gasteiger partial charge is 0.412 e. The zero-order chi connectivity index (χ0) is 28.9. The Morgan fingerprint density at radius 2 is 1.55 bits per heavy atom. The van der Waals surface area contributed by atoms with Crippen LogP contribution in [0.2, 0.25) is 5.04 Å². The number of rotatable bonds is 10. The summed E-state index contributed by atoms with van der Waals surface area (Å²) in [4.78, 5) is 37.1. The zero-order valence-corrected chi connectivity index (χ0v) is 24.2. The summed E-state index contributed by atoms with van der Waals surface area (Å²) in [5.74, 6) is -0.140. The number of benzene rings is 3. The van der Waals surface area contributed by atoms with Crippen LogP contribution < -0.4 is 15.7 Å². The second-order valence-corrected chi connectivity index (χ2v) is 15.3. The number of β-lactam (4-membered cyclic amide) rings is 1. The van der Waals surface area contributed by atoms with Crippen molar-refractivity contribution >= 4 is 36.4 Å². The summed E-state index contributed by atoms with van der Waals surface area (Å²) in [6.07, 6.45) is -0.924. The highest BCUT2D eigenvalue weighted by molar-refractivity contribution is 6.99. The maximum atomic E-state index is 13.3. The van der Waals surface area contributed by atoms with E-state index in [4.69, 9.17) is 9.16 Å². The highest BCUT2D eigenvalue weighted by atomic mass is 28.4. The van der Waals surface area contributed by atoms with Crippen molar-refractivity contribution in [2.75, 3.05) is 6.61 Å². The van der Waals surface area contributed by atoms with Crippen LogP contribution in [0.5, 0.6) is 0 Å². The molecular formula is C30H35N3O6Si. The van der Waals surface area contributed by atoms with E-state index in [0.717, 1.165) is 10.4 Å². The Morgan fingerprint density at radius 1 is 1.02 bits per heavy atom. The maximum absolute atomic E-state index is 13.3. The molecular weight excluding hydrogens is 526 g/mol. The molecule has 40 heavy (non-hydrogen) atoms. The topological polar surface area (TPSA) is 111 Å². The third-order valence-corrected chi connectivity index (χ3v) is 12.2. The molecule has 0 saturated carbocycles. The van der Waals surface area contributed by atoms with Crippen molar-refractivity contribution in [3.63, 3.8) is 0 Å². The fourth-order valence-corrected chi connectivity index (χ4v) is 9.79. The van der Waals surface area contributed by atoms with Gasteiger partial charge in [-0.25, -0.2) is 4.79 Å². The normalized spacial score (nSPS) is 15.9. The molecule has 9 nitrogen and oxygen atoms in total. The summed E-state index contributed by atoms with van der Waals surface area (Å²) >= 11 is 0. The number of nitro benzene ring substituents is 1. The van der Waals surface area contributed by atoms with Gasteiger partial charge in [-0.1, -0.05) is 81.4 Å². The monoisotopic (exact) mass is 561 g/mol. The molecule has 3 aromatic rings. The first-order chi connectivity index (χ1) is 19.0. The van der Waals surface area contributed by atoms with Crippen LogP contribution in [-0.4, -0.2) is 49.0 Å². The van der Waals surface area contributed by atoms with E-state index in [1.54, 1.807) is 12.1 Å². The zero-order valence-electron chi connectivity index (χ0n) is 23.2. The number of hydrogen-bond donors (Lipinski definition) is 1. The Labute approximate surface area is 235 Å². The van der Waals surface area contributed by atoms with E-state index in [-0.39, 0.29) is 36.3 Å². The van der Waals surface area contributed by atoms with Crippen LogP contribution >= 0.6 is 0 Å². The standard InChI is InChI=1S/C30H35N3O6Si/c1-22(20-39-40(30(2,3)4,25-11-7-5-8-12-25)26-13-9-6-10-14-26)32(27-19-28(34)31-27)29(35)38-21-23-15-17-24(18-16-23)33(36)37/h5-18,22,27H,19-21H2,1-4H3,(H,31,34)/t22-,27+/m0/s1. The first-order valence-corrected chi connectivity index (χ1v) is 15.2. The van der Waals surface area contributed by atoms with Crippen molar-refractivity contribution in [3.8, 4) is 0 Å². The van der Waals surface area contributed by atoms with Crippen molar-refractivity contribution < 1.29 is 23.7 Å². The van der Waals surface area contributed by atoms with Gasteiger partial charge in [0.25, 0.3) is 14.0 Å². The number of nitrogens with one attached hydrogen (secondary N) is 1. The van der Waals surface area contributed by atoms with Gasteiger partial charge in [0, 0.05) is 12.1 Å².